The van der Waals surface area contributed by atoms with E-state index in [1.54, 1.807) is 0 Å². The number of carbonyl (C=O) groups excluding carboxylic acids is 2. The molecule has 0 spiro atoms. The predicted octanol–water partition coefficient (Wildman–Crippen LogP) is 2.43. The second kappa shape index (κ2) is 6.45. The molecule has 1 N–H and O–H groups in total. The Labute approximate surface area is 116 Å². The first-order valence-corrected chi connectivity index (χ1v) is 6.20. The fourth-order valence-corrected chi connectivity index (χ4v) is 1.94. The summed E-state index contributed by atoms with van der Waals surface area (Å²) in [7, 11) is 1.20. The summed E-state index contributed by atoms with van der Waals surface area (Å²) in [4.78, 5) is 23.7. The zero-order valence-electron chi connectivity index (χ0n) is 11.6. The third-order valence-corrected chi connectivity index (χ3v) is 2.97. The van der Waals surface area contributed by atoms with Crippen LogP contribution in [-0.2, 0) is 9.53 Å². The van der Waals surface area contributed by atoms with Crippen LogP contribution in [0, 0.1) is 11.6 Å². The number of hydrogen-bond acceptors (Lipinski definition) is 3. The maximum absolute atomic E-state index is 13.5. The standard InChI is InChI=1S/C14H17F2NO3/c1-4-8-14(2,13(19)20-3)17-12(18)9-6-5-7-10(15)11(9)16/h5-7H,4,8H2,1-3H3,(H,17,18). The highest BCUT2D eigenvalue weighted by molar-refractivity contribution is 5.98. The van der Waals surface area contributed by atoms with Gasteiger partial charge in [-0.05, 0) is 25.5 Å². The van der Waals surface area contributed by atoms with E-state index in [-0.39, 0.29) is 0 Å². The average molecular weight is 285 g/mol. The molecule has 0 radical (unpaired) electrons. The van der Waals surface area contributed by atoms with E-state index in [0.717, 1.165) is 12.1 Å². The number of halogens is 2. The van der Waals surface area contributed by atoms with Gasteiger partial charge in [0, 0.05) is 0 Å². The zero-order valence-corrected chi connectivity index (χ0v) is 11.6. The van der Waals surface area contributed by atoms with Crippen molar-refractivity contribution in [2.24, 2.45) is 0 Å². The van der Waals surface area contributed by atoms with Crippen LogP contribution < -0.4 is 5.32 Å². The molecule has 20 heavy (non-hydrogen) atoms. The second-order valence-corrected chi connectivity index (χ2v) is 4.63. The highest BCUT2D eigenvalue weighted by Gasteiger charge is 2.36. The van der Waals surface area contributed by atoms with Gasteiger partial charge in [0.2, 0.25) is 0 Å². The molecule has 6 heteroatoms. The van der Waals surface area contributed by atoms with Gasteiger partial charge in [-0.1, -0.05) is 19.4 Å². The first-order valence-electron chi connectivity index (χ1n) is 6.20. The summed E-state index contributed by atoms with van der Waals surface area (Å²) >= 11 is 0. The Morgan fingerprint density at radius 2 is 2.00 bits per heavy atom. The summed E-state index contributed by atoms with van der Waals surface area (Å²) in [5, 5.41) is 2.41. The third kappa shape index (κ3) is 3.31. The molecule has 0 bridgehead atoms. The van der Waals surface area contributed by atoms with E-state index in [0.29, 0.717) is 12.8 Å². The van der Waals surface area contributed by atoms with Gasteiger partial charge in [-0.15, -0.1) is 0 Å². The topological polar surface area (TPSA) is 55.4 Å². The molecule has 4 nitrogen and oxygen atoms in total. The number of carbonyl (C=O) groups is 2. The predicted molar refractivity (Wildman–Crippen MR) is 69.2 cm³/mol. The summed E-state index contributed by atoms with van der Waals surface area (Å²) in [6, 6.07) is 3.29. The fraction of sp³-hybridized carbons (Fsp3) is 0.429. The number of ether oxygens (including phenoxy) is 1. The van der Waals surface area contributed by atoms with E-state index in [9.17, 15) is 18.4 Å². The molecule has 1 atom stereocenters. The molecule has 0 heterocycles. The van der Waals surface area contributed by atoms with Gasteiger partial charge in [0.25, 0.3) is 5.91 Å². The number of amides is 1. The summed E-state index contributed by atoms with van der Waals surface area (Å²) in [5.74, 6) is -3.85. The summed E-state index contributed by atoms with van der Waals surface area (Å²) in [6.07, 6.45) is 0.930. The van der Waals surface area contributed by atoms with Crippen LogP contribution in [0.4, 0.5) is 8.78 Å². The van der Waals surface area contributed by atoms with Crippen LogP contribution in [0.25, 0.3) is 0 Å². The minimum absolute atomic E-state index is 0.322. The van der Waals surface area contributed by atoms with E-state index in [2.05, 4.69) is 10.1 Å². The van der Waals surface area contributed by atoms with Crippen molar-refractivity contribution in [2.75, 3.05) is 7.11 Å². The number of methoxy groups -OCH3 is 1. The lowest BCUT2D eigenvalue weighted by Crippen LogP contribution is -2.52. The Morgan fingerprint density at radius 1 is 1.35 bits per heavy atom. The lowest BCUT2D eigenvalue weighted by atomic mass is 9.95. The van der Waals surface area contributed by atoms with Gasteiger partial charge >= 0.3 is 5.97 Å². The second-order valence-electron chi connectivity index (χ2n) is 4.63. The molecule has 0 saturated heterocycles. The molecule has 1 amide bonds. The van der Waals surface area contributed by atoms with Crippen molar-refractivity contribution in [3.05, 3.63) is 35.4 Å². The van der Waals surface area contributed by atoms with Gasteiger partial charge in [-0.3, -0.25) is 4.79 Å². The molecule has 0 aliphatic carbocycles. The van der Waals surface area contributed by atoms with Crippen molar-refractivity contribution in [1.29, 1.82) is 0 Å². The zero-order chi connectivity index (χ0) is 15.3. The summed E-state index contributed by atoms with van der Waals surface area (Å²) < 4.78 is 31.3. The van der Waals surface area contributed by atoms with Crippen LogP contribution in [0.2, 0.25) is 0 Å². The quantitative estimate of drug-likeness (QED) is 0.845. The van der Waals surface area contributed by atoms with Gasteiger partial charge in [0.05, 0.1) is 12.7 Å². The third-order valence-electron chi connectivity index (χ3n) is 2.97. The largest absolute Gasteiger partial charge is 0.467 e. The molecule has 0 aliphatic heterocycles. The molecule has 0 aromatic heterocycles. The Balaban J connectivity index is 3.03. The van der Waals surface area contributed by atoms with E-state index in [4.69, 9.17) is 0 Å². The van der Waals surface area contributed by atoms with E-state index < -0.39 is 34.6 Å². The monoisotopic (exact) mass is 285 g/mol. The number of nitrogens with one attached hydrogen (secondary N) is 1. The van der Waals surface area contributed by atoms with Crippen molar-refractivity contribution >= 4 is 11.9 Å². The van der Waals surface area contributed by atoms with Gasteiger partial charge in [-0.25, -0.2) is 13.6 Å². The van der Waals surface area contributed by atoms with E-state index >= 15 is 0 Å². The highest BCUT2D eigenvalue weighted by atomic mass is 19.2. The minimum Gasteiger partial charge on any atom is -0.467 e. The normalized spacial score (nSPS) is 13.4. The average Bonchev–Trinajstić information content (AvgIpc) is 2.40. The molecule has 1 rings (SSSR count). The molecule has 110 valence electrons. The Bertz CT molecular complexity index is 519. The molecule has 0 saturated carbocycles. The van der Waals surface area contributed by atoms with Crippen molar-refractivity contribution in [2.45, 2.75) is 32.2 Å². The summed E-state index contributed by atoms with van der Waals surface area (Å²) in [6.45, 7) is 3.31. The summed E-state index contributed by atoms with van der Waals surface area (Å²) in [5.41, 5.74) is -1.73. The van der Waals surface area contributed by atoms with Crippen LogP contribution in [0.3, 0.4) is 0 Å². The molecule has 0 fully saturated rings. The molecule has 0 aliphatic rings. The number of benzene rings is 1. The van der Waals surface area contributed by atoms with Crippen molar-refractivity contribution < 1.29 is 23.1 Å². The van der Waals surface area contributed by atoms with Crippen molar-refractivity contribution in [1.82, 2.24) is 5.32 Å². The molecule has 1 aromatic carbocycles. The van der Waals surface area contributed by atoms with Gasteiger partial charge in [0.15, 0.2) is 11.6 Å². The SMILES string of the molecule is CCCC(C)(NC(=O)c1cccc(F)c1F)C(=O)OC. The van der Waals surface area contributed by atoms with Crippen LogP contribution in [0.15, 0.2) is 18.2 Å². The Hall–Kier alpha value is -1.98. The number of hydrogen-bond donors (Lipinski definition) is 1. The number of esters is 1. The van der Waals surface area contributed by atoms with E-state index in [1.165, 1.54) is 20.1 Å². The van der Waals surface area contributed by atoms with Crippen LogP contribution in [-0.4, -0.2) is 24.5 Å². The smallest absolute Gasteiger partial charge is 0.331 e. The van der Waals surface area contributed by atoms with Gasteiger partial charge in [-0.2, -0.15) is 0 Å². The van der Waals surface area contributed by atoms with Crippen LogP contribution in [0.1, 0.15) is 37.0 Å². The van der Waals surface area contributed by atoms with Crippen LogP contribution >= 0.6 is 0 Å². The van der Waals surface area contributed by atoms with Crippen LogP contribution in [0.5, 0.6) is 0 Å². The molecular weight excluding hydrogens is 268 g/mol. The Morgan fingerprint density at radius 3 is 2.55 bits per heavy atom. The lowest BCUT2D eigenvalue weighted by molar-refractivity contribution is -0.147. The van der Waals surface area contributed by atoms with Crippen molar-refractivity contribution in [3.63, 3.8) is 0 Å². The van der Waals surface area contributed by atoms with E-state index in [1.807, 2.05) is 6.92 Å². The minimum atomic E-state index is -1.28. The molecular formula is C14H17F2NO3. The maximum atomic E-state index is 13.5. The van der Waals surface area contributed by atoms with Gasteiger partial charge < -0.3 is 10.1 Å². The lowest BCUT2D eigenvalue weighted by Gasteiger charge is -2.27. The van der Waals surface area contributed by atoms with Crippen molar-refractivity contribution in [3.8, 4) is 0 Å². The van der Waals surface area contributed by atoms with Gasteiger partial charge in [0.1, 0.15) is 5.54 Å². The maximum Gasteiger partial charge on any atom is 0.331 e. The number of rotatable bonds is 5. The fourth-order valence-electron chi connectivity index (χ4n) is 1.94. The molecule has 1 unspecified atom stereocenters. The molecule has 1 aromatic rings. The first-order chi connectivity index (χ1) is 9.35. The highest BCUT2D eigenvalue weighted by Crippen LogP contribution is 2.17. The Kier molecular flexibility index (Phi) is 5.19. The first kappa shape index (κ1) is 16.1.